The maximum atomic E-state index is 11.6. The first-order valence-corrected chi connectivity index (χ1v) is 10.7. The lowest BCUT2D eigenvalue weighted by Gasteiger charge is -2.23. The number of rotatable bonds is 2. The summed E-state index contributed by atoms with van der Waals surface area (Å²) in [6.07, 6.45) is 3.05. The quantitative estimate of drug-likeness (QED) is 0.298. The number of hydrogen-bond donors (Lipinski definition) is 0. The van der Waals surface area contributed by atoms with E-state index in [-0.39, 0.29) is 6.10 Å². The minimum absolute atomic E-state index is 0.131. The second-order valence-electron chi connectivity index (χ2n) is 8.43. The van der Waals surface area contributed by atoms with Crippen LogP contribution in [0, 0.1) is 0 Å². The summed E-state index contributed by atoms with van der Waals surface area (Å²) in [7, 11) is 0. The molecule has 0 atom stereocenters. The molecule has 2 nitrogen and oxygen atoms in total. The average molecular weight is 390 g/mol. The van der Waals surface area contributed by atoms with Gasteiger partial charge in [0.15, 0.2) is 0 Å². The molecule has 5 aromatic rings. The van der Waals surface area contributed by atoms with Crippen molar-refractivity contribution in [2.45, 2.75) is 31.8 Å². The van der Waals surface area contributed by atoms with Crippen LogP contribution in [-0.4, -0.2) is 11.9 Å². The molecule has 0 radical (unpaired) electrons. The molecule has 5 aromatic carbocycles. The highest BCUT2D eigenvalue weighted by Crippen LogP contribution is 2.34. The first-order valence-electron chi connectivity index (χ1n) is 10.7. The molecule has 0 aliphatic heterocycles. The Morgan fingerprint density at radius 3 is 1.80 bits per heavy atom. The highest BCUT2D eigenvalue weighted by atomic mass is 16.5. The summed E-state index contributed by atoms with van der Waals surface area (Å²) in [6, 6.07) is 28.4. The molecular weight excluding hydrogens is 368 g/mol. The van der Waals surface area contributed by atoms with Gasteiger partial charge in [0.1, 0.15) is 11.5 Å². The molecule has 1 aliphatic rings. The van der Waals surface area contributed by atoms with Crippen molar-refractivity contribution < 1.29 is 9.53 Å². The van der Waals surface area contributed by atoms with Gasteiger partial charge in [-0.05, 0) is 93.0 Å². The number of benzene rings is 5. The second-order valence-corrected chi connectivity index (χ2v) is 8.43. The number of carbonyl (C=O) groups excluding carboxylic acids is 1. The third-order valence-electron chi connectivity index (χ3n) is 6.40. The molecule has 30 heavy (non-hydrogen) atoms. The highest BCUT2D eigenvalue weighted by Gasteiger charge is 2.20. The van der Waals surface area contributed by atoms with Gasteiger partial charge in [-0.3, -0.25) is 4.79 Å². The van der Waals surface area contributed by atoms with E-state index >= 15 is 0 Å². The Morgan fingerprint density at radius 1 is 0.600 bits per heavy atom. The van der Waals surface area contributed by atoms with Crippen LogP contribution in [-0.2, 0) is 4.79 Å². The van der Waals surface area contributed by atoms with Gasteiger partial charge in [-0.25, -0.2) is 0 Å². The van der Waals surface area contributed by atoms with Crippen LogP contribution in [0.2, 0.25) is 0 Å². The van der Waals surface area contributed by atoms with Crippen molar-refractivity contribution in [2.24, 2.45) is 0 Å². The van der Waals surface area contributed by atoms with Crippen LogP contribution < -0.4 is 4.74 Å². The molecule has 1 aliphatic carbocycles. The van der Waals surface area contributed by atoms with Gasteiger partial charge in [-0.1, -0.05) is 36.4 Å². The Bertz CT molecular complexity index is 1440. The molecule has 0 heterocycles. The van der Waals surface area contributed by atoms with Gasteiger partial charge >= 0.3 is 0 Å². The summed E-state index contributed by atoms with van der Waals surface area (Å²) in [4.78, 5) is 11.6. The number of carbonyl (C=O) groups is 1. The van der Waals surface area contributed by atoms with Crippen LogP contribution in [0.1, 0.15) is 25.7 Å². The van der Waals surface area contributed by atoms with Crippen LogP contribution in [0.25, 0.3) is 43.1 Å². The number of fused-ring (bicyclic) bond motifs is 4. The van der Waals surface area contributed by atoms with E-state index in [1.165, 1.54) is 37.7 Å². The topological polar surface area (TPSA) is 26.3 Å². The molecule has 0 unspecified atom stereocenters. The fourth-order valence-electron chi connectivity index (χ4n) is 4.76. The van der Waals surface area contributed by atoms with Crippen molar-refractivity contribution in [3.8, 4) is 5.75 Å². The molecule has 1 fully saturated rings. The Labute approximate surface area is 175 Å². The van der Waals surface area contributed by atoms with Gasteiger partial charge in [0.25, 0.3) is 0 Å². The number of hydrogen-bond acceptors (Lipinski definition) is 2. The average Bonchev–Trinajstić information content (AvgIpc) is 2.77. The molecule has 0 amide bonds. The lowest BCUT2D eigenvalue weighted by Crippen LogP contribution is -2.24. The van der Waals surface area contributed by atoms with Crippen molar-refractivity contribution in [1.82, 2.24) is 0 Å². The lowest BCUT2D eigenvalue weighted by atomic mass is 9.96. The van der Waals surface area contributed by atoms with Crippen LogP contribution in [0.5, 0.6) is 5.75 Å². The Kier molecular flexibility index (Phi) is 3.98. The largest absolute Gasteiger partial charge is 0.490 e. The fourth-order valence-corrected chi connectivity index (χ4v) is 4.76. The van der Waals surface area contributed by atoms with E-state index in [1.807, 2.05) is 0 Å². The van der Waals surface area contributed by atoms with Crippen LogP contribution in [0.15, 0.2) is 78.9 Å². The zero-order valence-corrected chi connectivity index (χ0v) is 16.7. The maximum Gasteiger partial charge on any atom is 0.133 e. The van der Waals surface area contributed by atoms with Crippen molar-refractivity contribution in [3.63, 3.8) is 0 Å². The van der Waals surface area contributed by atoms with Gasteiger partial charge in [0, 0.05) is 18.2 Å². The maximum absolute atomic E-state index is 11.6. The fraction of sp³-hybridized carbons (Fsp3) is 0.179. The van der Waals surface area contributed by atoms with E-state index in [2.05, 4.69) is 78.9 Å². The van der Waals surface area contributed by atoms with Crippen LogP contribution >= 0.6 is 0 Å². The zero-order chi connectivity index (χ0) is 20.1. The van der Waals surface area contributed by atoms with Gasteiger partial charge in [0.2, 0.25) is 0 Å². The van der Waals surface area contributed by atoms with E-state index in [1.54, 1.807) is 0 Å². The van der Waals surface area contributed by atoms with Crippen molar-refractivity contribution in [1.29, 1.82) is 0 Å². The van der Waals surface area contributed by atoms with E-state index in [0.717, 1.165) is 24.0 Å². The van der Waals surface area contributed by atoms with E-state index < -0.39 is 0 Å². The lowest BCUT2D eigenvalue weighted by molar-refractivity contribution is -0.121. The smallest absolute Gasteiger partial charge is 0.133 e. The monoisotopic (exact) mass is 390 g/mol. The third-order valence-corrected chi connectivity index (χ3v) is 6.40. The molecular formula is C28H22O2. The first kappa shape index (κ1) is 17.5. The minimum atomic E-state index is 0.131. The molecule has 2 heteroatoms. The Morgan fingerprint density at radius 2 is 1.13 bits per heavy atom. The van der Waals surface area contributed by atoms with E-state index in [9.17, 15) is 4.79 Å². The van der Waals surface area contributed by atoms with Gasteiger partial charge in [-0.2, -0.15) is 0 Å². The van der Waals surface area contributed by atoms with Gasteiger partial charge in [-0.15, -0.1) is 0 Å². The molecule has 0 N–H and O–H groups in total. The predicted molar refractivity (Wildman–Crippen MR) is 124 cm³/mol. The molecule has 0 aromatic heterocycles. The molecule has 0 saturated heterocycles. The van der Waals surface area contributed by atoms with Gasteiger partial charge < -0.3 is 4.74 Å². The first-order chi connectivity index (χ1) is 14.7. The van der Waals surface area contributed by atoms with E-state index in [0.29, 0.717) is 18.6 Å². The number of ether oxygens (including phenoxy) is 1. The van der Waals surface area contributed by atoms with Crippen molar-refractivity contribution in [3.05, 3.63) is 78.9 Å². The number of ketones is 1. The summed E-state index contributed by atoms with van der Waals surface area (Å²) in [5.41, 5.74) is 0. The minimum Gasteiger partial charge on any atom is -0.490 e. The van der Waals surface area contributed by atoms with E-state index in [4.69, 9.17) is 4.74 Å². The van der Waals surface area contributed by atoms with Crippen molar-refractivity contribution >= 4 is 48.9 Å². The summed E-state index contributed by atoms with van der Waals surface area (Å²) in [6.45, 7) is 0. The number of Topliss-reactive ketones (excluding diaryl/α,β-unsaturated/α-hetero) is 1. The Balaban J connectivity index is 1.49. The molecule has 6 rings (SSSR count). The normalized spacial score (nSPS) is 15.4. The van der Waals surface area contributed by atoms with Gasteiger partial charge in [0.05, 0.1) is 6.10 Å². The molecule has 0 bridgehead atoms. The SMILES string of the molecule is O=C1CCC(Oc2cccc3cc4cc5cc6ccccc6cc5cc4cc23)CC1. The molecule has 0 spiro atoms. The molecule has 1 saturated carbocycles. The van der Waals surface area contributed by atoms with Crippen LogP contribution in [0.4, 0.5) is 0 Å². The van der Waals surface area contributed by atoms with Crippen LogP contribution in [0.3, 0.4) is 0 Å². The van der Waals surface area contributed by atoms with Crippen molar-refractivity contribution in [2.75, 3.05) is 0 Å². The standard InChI is InChI=1S/C28H22O2/c29-25-8-10-26(11-9-25)30-28-7-3-6-20-14-23-15-21-12-18-4-1-2-5-19(18)13-22(21)16-24(23)17-27(20)28/h1-7,12-17,26H,8-11H2. The summed E-state index contributed by atoms with van der Waals surface area (Å²) < 4.78 is 6.36. The highest BCUT2D eigenvalue weighted by molar-refractivity contribution is 6.08. The Hall–Kier alpha value is -3.39. The predicted octanol–water partition coefficient (Wildman–Crippen LogP) is 7.19. The summed E-state index contributed by atoms with van der Waals surface area (Å²) in [5.74, 6) is 1.28. The summed E-state index contributed by atoms with van der Waals surface area (Å²) in [5, 5.41) is 9.84. The zero-order valence-electron chi connectivity index (χ0n) is 16.7. The second kappa shape index (κ2) is 6.84. The third kappa shape index (κ3) is 3.00. The summed E-state index contributed by atoms with van der Waals surface area (Å²) >= 11 is 0. The molecule has 146 valence electrons.